The van der Waals surface area contributed by atoms with E-state index in [0.717, 1.165) is 18.8 Å². The van der Waals surface area contributed by atoms with E-state index in [4.69, 9.17) is 5.11 Å². The van der Waals surface area contributed by atoms with Crippen LogP contribution in [0.5, 0.6) is 0 Å². The molecule has 0 aliphatic heterocycles. The smallest absolute Gasteiger partial charge is 0.317 e. The predicted molar refractivity (Wildman–Crippen MR) is 69.5 cm³/mol. The second-order valence-electron chi connectivity index (χ2n) is 4.96. The zero-order chi connectivity index (χ0) is 13.5. The molecule has 0 aromatic heterocycles. The van der Waals surface area contributed by atoms with Gasteiger partial charge in [-0.2, -0.15) is 0 Å². The number of hydrogen-bond acceptors (Lipinski definition) is 2. The van der Waals surface area contributed by atoms with Crippen LogP contribution in [0.4, 0.5) is 4.79 Å². The Bertz CT molecular complexity index is 290. The van der Waals surface area contributed by atoms with Gasteiger partial charge in [-0.25, -0.2) is 4.79 Å². The van der Waals surface area contributed by atoms with Crippen LogP contribution in [0.25, 0.3) is 0 Å². The summed E-state index contributed by atoms with van der Waals surface area (Å²) in [6, 6.07) is 0.0927. The molecule has 0 bridgehead atoms. The van der Waals surface area contributed by atoms with E-state index in [1.54, 1.807) is 4.90 Å². The number of carboxylic acids is 1. The Labute approximate surface area is 109 Å². The van der Waals surface area contributed by atoms with Gasteiger partial charge in [-0.3, -0.25) is 4.79 Å². The average molecular weight is 256 g/mol. The number of amides is 2. The van der Waals surface area contributed by atoms with Crippen molar-refractivity contribution in [3.8, 4) is 0 Å². The highest BCUT2D eigenvalue weighted by atomic mass is 16.4. The fourth-order valence-corrected chi connectivity index (χ4v) is 1.98. The SMILES string of the molecule is CCC(CC1CC1)NC(=O)N(CC)CCC(=O)O. The summed E-state index contributed by atoms with van der Waals surface area (Å²) < 4.78 is 0. The molecule has 1 saturated carbocycles. The minimum absolute atomic E-state index is 0.000671. The molecule has 2 amide bonds. The standard InChI is InChI=1S/C13H24N2O3/c1-3-11(9-10-5-6-10)14-13(18)15(4-2)8-7-12(16)17/h10-11H,3-9H2,1-2H3,(H,14,18)(H,16,17). The molecule has 0 spiro atoms. The average Bonchev–Trinajstić information content (AvgIpc) is 3.12. The normalized spacial score (nSPS) is 16.1. The second kappa shape index (κ2) is 7.24. The molecule has 1 aliphatic carbocycles. The molecule has 1 fully saturated rings. The zero-order valence-electron chi connectivity index (χ0n) is 11.3. The molecule has 0 aromatic carbocycles. The van der Waals surface area contributed by atoms with Crippen molar-refractivity contribution in [3.63, 3.8) is 0 Å². The molecule has 1 rings (SSSR count). The number of carboxylic acid groups (broad SMARTS) is 1. The number of rotatable bonds is 8. The lowest BCUT2D eigenvalue weighted by atomic mass is 10.1. The molecular formula is C13H24N2O3. The molecular weight excluding hydrogens is 232 g/mol. The lowest BCUT2D eigenvalue weighted by molar-refractivity contribution is -0.137. The summed E-state index contributed by atoms with van der Waals surface area (Å²) in [6.07, 6.45) is 4.55. The summed E-state index contributed by atoms with van der Waals surface area (Å²) in [6.45, 7) is 4.75. The zero-order valence-corrected chi connectivity index (χ0v) is 11.3. The van der Waals surface area contributed by atoms with Crippen LogP contribution in [0.1, 0.15) is 46.0 Å². The van der Waals surface area contributed by atoms with Crippen LogP contribution in [0.15, 0.2) is 0 Å². The summed E-state index contributed by atoms with van der Waals surface area (Å²) in [7, 11) is 0. The van der Waals surface area contributed by atoms with Crippen LogP contribution in [0.2, 0.25) is 0 Å². The number of aliphatic carboxylic acids is 1. The van der Waals surface area contributed by atoms with Crippen molar-refractivity contribution in [2.24, 2.45) is 5.92 Å². The summed E-state index contributed by atoms with van der Waals surface area (Å²) >= 11 is 0. The number of urea groups is 1. The summed E-state index contributed by atoms with van der Waals surface area (Å²) in [5.74, 6) is -0.0874. The third-order valence-electron chi connectivity index (χ3n) is 3.40. The number of hydrogen-bond donors (Lipinski definition) is 2. The fourth-order valence-electron chi connectivity index (χ4n) is 1.98. The van der Waals surface area contributed by atoms with E-state index >= 15 is 0 Å². The third-order valence-corrected chi connectivity index (χ3v) is 3.40. The lowest BCUT2D eigenvalue weighted by Gasteiger charge is -2.24. The first-order chi connectivity index (χ1) is 8.56. The Hall–Kier alpha value is -1.26. The molecule has 0 aromatic rings. The molecule has 0 radical (unpaired) electrons. The van der Waals surface area contributed by atoms with Gasteiger partial charge in [0.25, 0.3) is 0 Å². The minimum atomic E-state index is -0.869. The molecule has 0 heterocycles. The number of nitrogens with one attached hydrogen (secondary N) is 1. The largest absolute Gasteiger partial charge is 0.481 e. The van der Waals surface area contributed by atoms with Gasteiger partial charge in [0.2, 0.25) is 0 Å². The minimum Gasteiger partial charge on any atom is -0.481 e. The van der Waals surface area contributed by atoms with E-state index in [0.29, 0.717) is 6.54 Å². The summed E-state index contributed by atoms with van der Waals surface area (Å²) in [4.78, 5) is 24.1. The fraction of sp³-hybridized carbons (Fsp3) is 0.846. The first kappa shape index (κ1) is 14.8. The molecule has 5 nitrogen and oxygen atoms in total. The lowest BCUT2D eigenvalue weighted by Crippen LogP contribution is -2.45. The first-order valence-corrected chi connectivity index (χ1v) is 6.84. The van der Waals surface area contributed by atoms with E-state index < -0.39 is 5.97 Å². The van der Waals surface area contributed by atoms with Gasteiger partial charge in [0.15, 0.2) is 0 Å². The maximum Gasteiger partial charge on any atom is 0.317 e. The monoisotopic (exact) mass is 256 g/mol. The van der Waals surface area contributed by atoms with Gasteiger partial charge in [-0.15, -0.1) is 0 Å². The molecule has 1 unspecified atom stereocenters. The van der Waals surface area contributed by atoms with Gasteiger partial charge in [0.05, 0.1) is 6.42 Å². The van der Waals surface area contributed by atoms with Crippen molar-refractivity contribution >= 4 is 12.0 Å². The highest BCUT2D eigenvalue weighted by Crippen LogP contribution is 2.34. The van der Waals surface area contributed by atoms with E-state index in [9.17, 15) is 9.59 Å². The van der Waals surface area contributed by atoms with Gasteiger partial charge in [0, 0.05) is 19.1 Å². The summed E-state index contributed by atoms with van der Waals surface area (Å²) in [5, 5.41) is 11.6. The predicted octanol–water partition coefficient (Wildman–Crippen LogP) is 2.07. The van der Waals surface area contributed by atoms with Crippen molar-refractivity contribution < 1.29 is 14.7 Å². The molecule has 0 saturated heterocycles. The van der Waals surface area contributed by atoms with Crippen LogP contribution >= 0.6 is 0 Å². The topological polar surface area (TPSA) is 69.6 Å². The Morgan fingerprint density at radius 3 is 2.50 bits per heavy atom. The third kappa shape index (κ3) is 5.38. The highest BCUT2D eigenvalue weighted by molar-refractivity contribution is 5.75. The Kier molecular flexibility index (Phi) is 5.95. The van der Waals surface area contributed by atoms with Gasteiger partial charge < -0.3 is 15.3 Å². The molecule has 104 valence electrons. The van der Waals surface area contributed by atoms with Crippen LogP contribution in [0.3, 0.4) is 0 Å². The van der Waals surface area contributed by atoms with Crippen molar-refractivity contribution in [3.05, 3.63) is 0 Å². The van der Waals surface area contributed by atoms with E-state index in [-0.39, 0.29) is 25.0 Å². The van der Waals surface area contributed by atoms with Gasteiger partial charge in [-0.05, 0) is 25.7 Å². The van der Waals surface area contributed by atoms with Crippen molar-refractivity contribution in [2.45, 2.75) is 52.0 Å². The van der Waals surface area contributed by atoms with Crippen LogP contribution in [-0.4, -0.2) is 41.1 Å². The van der Waals surface area contributed by atoms with Gasteiger partial charge in [0.1, 0.15) is 0 Å². The summed E-state index contributed by atoms with van der Waals surface area (Å²) in [5.41, 5.74) is 0. The maximum absolute atomic E-state index is 12.0. The number of nitrogens with zero attached hydrogens (tertiary/aromatic N) is 1. The Morgan fingerprint density at radius 1 is 1.39 bits per heavy atom. The van der Waals surface area contributed by atoms with Crippen molar-refractivity contribution in [1.29, 1.82) is 0 Å². The van der Waals surface area contributed by atoms with Crippen molar-refractivity contribution in [2.75, 3.05) is 13.1 Å². The molecule has 2 N–H and O–H groups in total. The molecule has 5 heteroatoms. The molecule has 18 heavy (non-hydrogen) atoms. The van der Waals surface area contributed by atoms with Gasteiger partial charge >= 0.3 is 12.0 Å². The maximum atomic E-state index is 12.0. The van der Waals surface area contributed by atoms with Crippen LogP contribution in [-0.2, 0) is 4.79 Å². The van der Waals surface area contributed by atoms with Gasteiger partial charge in [-0.1, -0.05) is 19.8 Å². The molecule has 1 atom stereocenters. The Morgan fingerprint density at radius 2 is 2.06 bits per heavy atom. The van der Waals surface area contributed by atoms with Crippen LogP contribution < -0.4 is 5.32 Å². The Balaban J connectivity index is 2.35. The number of carbonyl (C=O) groups is 2. The van der Waals surface area contributed by atoms with E-state index in [2.05, 4.69) is 12.2 Å². The molecule has 1 aliphatic rings. The quantitative estimate of drug-likeness (QED) is 0.698. The van der Waals surface area contributed by atoms with Crippen LogP contribution in [0, 0.1) is 5.92 Å². The number of carbonyl (C=O) groups excluding carboxylic acids is 1. The second-order valence-corrected chi connectivity index (χ2v) is 4.96. The first-order valence-electron chi connectivity index (χ1n) is 6.84. The van der Waals surface area contributed by atoms with E-state index in [1.807, 2.05) is 6.92 Å². The van der Waals surface area contributed by atoms with E-state index in [1.165, 1.54) is 12.8 Å². The van der Waals surface area contributed by atoms with Crippen molar-refractivity contribution in [1.82, 2.24) is 10.2 Å². The highest BCUT2D eigenvalue weighted by Gasteiger charge is 2.26.